The summed E-state index contributed by atoms with van der Waals surface area (Å²) >= 11 is 0. The molecule has 0 aliphatic carbocycles. The van der Waals surface area contributed by atoms with Crippen LogP contribution in [-0.4, -0.2) is 74.4 Å². The molecule has 3 rings (SSSR count). The molecule has 0 bridgehead atoms. The summed E-state index contributed by atoms with van der Waals surface area (Å²) in [6.45, 7) is 4.19. The van der Waals surface area contributed by atoms with Crippen molar-refractivity contribution < 1.29 is 49.6 Å². The van der Waals surface area contributed by atoms with Crippen LogP contribution in [0.2, 0.25) is 0 Å². The lowest BCUT2D eigenvalue weighted by molar-refractivity contribution is -0.271. The van der Waals surface area contributed by atoms with Crippen molar-refractivity contribution in [2.24, 2.45) is 11.8 Å². The monoisotopic (exact) mass is 492 g/mol. The van der Waals surface area contributed by atoms with E-state index in [9.17, 15) is 35.4 Å². The van der Waals surface area contributed by atoms with Crippen molar-refractivity contribution in [2.45, 2.75) is 57.4 Å². The van der Waals surface area contributed by atoms with Crippen molar-refractivity contribution in [3.8, 4) is 23.0 Å². The zero-order chi connectivity index (χ0) is 25.9. The van der Waals surface area contributed by atoms with Gasteiger partial charge in [-0.2, -0.15) is 0 Å². The van der Waals surface area contributed by atoms with Gasteiger partial charge in [-0.15, -0.1) is 0 Å². The lowest BCUT2D eigenvalue weighted by Gasteiger charge is -2.38. The number of carboxylic acid groups (broad SMARTS) is 1. The van der Waals surface area contributed by atoms with Gasteiger partial charge >= 0.3 is 5.97 Å². The van der Waals surface area contributed by atoms with Crippen LogP contribution in [0.3, 0.4) is 0 Å². The number of benzene rings is 2. The number of methoxy groups -OCH3 is 1. The zero-order valence-corrected chi connectivity index (χ0v) is 19.7. The van der Waals surface area contributed by atoms with E-state index in [0.29, 0.717) is 12.2 Å². The molecule has 6 N–H and O–H groups in total. The second kappa shape index (κ2) is 11.1. The number of carboxylic acids is 1. The molecule has 1 aliphatic rings. The largest absolute Gasteiger partial charge is 0.504 e. The third-order valence-corrected chi connectivity index (χ3v) is 6.41. The van der Waals surface area contributed by atoms with Gasteiger partial charge in [0.15, 0.2) is 29.1 Å². The van der Waals surface area contributed by atoms with Crippen LogP contribution in [0.5, 0.6) is 23.0 Å². The van der Waals surface area contributed by atoms with Crippen molar-refractivity contribution in [3.05, 3.63) is 47.5 Å². The lowest BCUT2D eigenvalue weighted by atomic mass is 9.85. The summed E-state index contributed by atoms with van der Waals surface area (Å²) in [7, 11) is 1.50. The summed E-state index contributed by atoms with van der Waals surface area (Å²) in [5.74, 6) is -0.883. The molecule has 1 saturated heterocycles. The number of carbonyl (C=O) groups is 1. The van der Waals surface area contributed by atoms with Crippen LogP contribution in [-0.2, 0) is 22.4 Å². The first-order valence-electron chi connectivity index (χ1n) is 11.3. The van der Waals surface area contributed by atoms with Gasteiger partial charge in [0.25, 0.3) is 0 Å². The minimum atomic E-state index is -1.84. The average molecular weight is 493 g/mol. The Hall–Kier alpha value is -3.05. The fourth-order valence-electron chi connectivity index (χ4n) is 4.05. The van der Waals surface area contributed by atoms with Gasteiger partial charge in [0.05, 0.1) is 7.11 Å². The molecule has 192 valence electrons. The second-order valence-corrected chi connectivity index (χ2v) is 9.02. The molecular formula is C25H32O10. The lowest BCUT2D eigenvalue weighted by Crippen LogP contribution is -2.61. The minimum Gasteiger partial charge on any atom is -0.504 e. The number of aliphatic hydroxyl groups is 3. The topological polar surface area (TPSA) is 166 Å². The van der Waals surface area contributed by atoms with Gasteiger partial charge < -0.3 is 44.8 Å². The van der Waals surface area contributed by atoms with Crippen LogP contribution in [0, 0.1) is 11.8 Å². The van der Waals surface area contributed by atoms with Gasteiger partial charge in [-0.1, -0.05) is 26.0 Å². The number of hydrogen-bond donors (Lipinski definition) is 6. The predicted molar refractivity (Wildman–Crippen MR) is 123 cm³/mol. The van der Waals surface area contributed by atoms with Crippen LogP contribution in [0.15, 0.2) is 36.4 Å². The summed E-state index contributed by atoms with van der Waals surface area (Å²) in [5.41, 5.74) is 1.84. The minimum absolute atomic E-state index is 0.0533. The van der Waals surface area contributed by atoms with Crippen LogP contribution in [0.25, 0.3) is 0 Å². The summed E-state index contributed by atoms with van der Waals surface area (Å²) in [6.07, 6.45) is -7.42. The molecule has 2 aromatic rings. The highest BCUT2D eigenvalue weighted by atomic mass is 16.7. The number of aliphatic carboxylic acids is 1. The molecule has 0 spiro atoms. The van der Waals surface area contributed by atoms with Gasteiger partial charge in [0, 0.05) is 0 Å². The number of hydrogen-bond acceptors (Lipinski definition) is 9. The summed E-state index contributed by atoms with van der Waals surface area (Å²) in [6, 6.07) is 9.95. The molecule has 10 heteroatoms. The summed E-state index contributed by atoms with van der Waals surface area (Å²) in [5, 5.41) is 59.2. The van der Waals surface area contributed by atoms with Crippen molar-refractivity contribution in [1.29, 1.82) is 0 Å². The molecule has 0 unspecified atom stereocenters. The van der Waals surface area contributed by atoms with Crippen molar-refractivity contribution in [1.82, 2.24) is 0 Å². The molecule has 1 fully saturated rings. The highest BCUT2D eigenvalue weighted by Crippen LogP contribution is 2.33. The standard InChI is InChI=1S/C25H32O10/c1-12(8-14-4-6-16(26)18(10-14)33-3)13(2)9-15-5-7-17(27)19(11-15)34-25-22(30)20(28)21(29)23(35-25)24(31)32/h4-7,10-13,20-23,25-30H,8-9H2,1-3H3,(H,31,32)/t12-,13+,20-,21-,22+,23-,25+/m0/s1. The number of rotatable bonds is 9. The number of phenols is 2. The molecule has 35 heavy (non-hydrogen) atoms. The molecule has 0 saturated carbocycles. The SMILES string of the molecule is COc1cc(C[C@H](C)[C@H](C)Cc2ccc(O)c(O[C@@H]3O[C@H](C(=O)O)[C@@H](O)[C@H](O)[C@H]3O)c2)ccc1O. The number of ether oxygens (including phenoxy) is 3. The smallest absolute Gasteiger partial charge is 0.335 e. The highest BCUT2D eigenvalue weighted by molar-refractivity contribution is 5.73. The van der Waals surface area contributed by atoms with Crippen molar-refractivity contribution in [3.63, 3.8) is 0 Å². The first-order valence-corrected chi connectivity index (χ1v) is 11.3. The van der Waals surface area contributed by atoms with E-state index in [1.54, 1.807) is 24.3 Å². The van der Waals surface area contributed by atoms with E-state index in [1.165, 1.54) is 13.2 Å². The Morgan fingerprint density at radius 3 is 1.91 bits per heavy atom. The molecule has 1 heterocycles. The van der Waals surface area contributed by atoms with E-state index >= 15 is 0 Å². The Morgan fingerprint density at radius 2 is 1.40 bits per heavy atom. The molecule has 10 nitrogen and oxygen atoms in total. The second-order valence-electron chi connectivity index (χ2n) is 9.02. The third-order valence-electron chi connectivity index (χ3n) is 6.41. The zero-order valence-electron chi connectivity index (χ0n) is 19.7. The van der Waals surface area contributed by atoms with Gasteiger partial charge in [-0.3, -0.25) is 0 Å². The molecule has 0 radical (unpaired) electrons. The Labute approximate surface area is 202 Å². The molecule has 0 aromatic heterocycles. The molecule has 7 atom stereocenters. The maximum absolute atomic E-state index is 11.3. The van der Waals surface area contributed by atoms with E-state index in [1.807, 2.05) is 6.07 Å². The fourth-order valence-corrected chi connectivity index (χ4v) is 4.05. The van der Waals surface area contributed by atoms with E-state index in [2.05, 4.69) is 13.8 Å². The molecule has 0 amide bonds. The van der Waals surface area contributed by atoms with Crippen LogP contribution >= 0.6 is 0 Å². The quantitative estimate of drug-likeness (QED) is 0.301. The van der Waals surface area contributed by atoms with Crippen LogP contribution < -0.4 is 9.47 Å². The predicted octanol–water partition coefficient (Wildman–Crippen LogP) is 1.43. The normalized spacial score (nSPS) is 26.1. The fraction of sp³-hybridized carbons (Fsp3) is 0.480. The van der Waals surface area contributed by atoms with E-state index < -0.39 is 36.7 Å². The van der Waals surface area contributed by atoms with Gasteiger partial charge in [-0.05, 0) is 60.1 Å². The third kappa shape index (κ3) is 6.15. The Balaban J connectivity index is 1.69. The van der Waals surface area contributed by atoms with Gasteiger partial charge in [-0.25, -0.2) is 4.79 Å². The number of aromatic hydroxyl groups is 2. The van der Waals surface area contributed by atoms with Crippen molar-refractivity contribution in [2.75, 3.05) is 7.11 Å². The first kappa shape index (κ1) is 26.6. The molecule has 1 aliphatic heterocycles. The maximum atomic E-state index is 11.3. The molecular weight excluding hydrogens is 460 g/mol. The van der Waals surface area contributed by atoms with Crippen LogP contribution in [0.1, 0.15) is 25.0 Å². The van der Waals surface area contributed by atoms with Gasteiger partial charge in [0.1, 0.15) is 18.3 Å². The van der Waals surface area contributed by atoms with Crippen LogP contribution in [0.4, 0.5) is 0 Å². The Morgan fingerprint density at radius 1 is 0.886 bits per heavy atom. The van der Waals surface area contributed by atoms with Gasteiger partial charge in [0.2, 0.25) is 6.29 Å². The van der Waals surface area contributed by atoms with E-state index in [-0.39, 0.29) is 29.1 Å². The van der Waals surface area contributed by atoms with E-state index in [4.69, 9.17) is 14.2 Å². The Bertz CT molecular complexity index is 1030. The number of phenolic OH excluding ortho intramolecular Hbond substituents is 2. The van der Waals surface area contributed by atoms with E-state index in [0.717, 1.165) is 17.5 Å². The van der Waals surface area contributed by atoms with Crippen molar-refractivity contribution >= 4 is 5.97 Å². The first-order chi connectivity index (χ1) is 16.5. The Kier molecular flexibility index (Phi) is 8.44. The summed E-state index contributed by atoms with van der Waals surface area (Å²) < 4.78 is 15.8. The maximum Gasteiger partial charge on any atom is 0.335 e. The molecule has 2 aromatic carbocycles. The average Bonchev–Trinajstić information content (AvgIpc) is 2.82. The number of aliphatic hydroxyl groups excluding tert-OH is 3. The highest BCUT2D eigenvalue weighted by Gasteiger charge is 2.48. The summed E-state index contributed by atoms with van der Waals surface area (Å²) in [4.78, 5) is 11.3.